The van der Waals surface area contributed by atoms with E-state index in [9.17, 15) is 9.59 Å². The molecule has 2 rings (SSSR count). The van der Waals surface area contributed by atoms with Crippen molar-refractivity contribution in [1.82, 2.24) is 0 Å². The Bertz CT molecular complexity index is 917. The Morgan fingerprint density at radius 1 is 0.700 bits per heavy atom. The molecule has 4 nitrogen and oxygen atoms in total. The summed E-state index contributed by atoms with van der Waals surface area (Å²) in [5, 5.41) is 2.49. The molecule has 0 amide bonds. The van der Waals surface area contributed by atoms with Crippen LogP contribution in [0.4, 0.5) is 0 Å². The first kappa shape index (κ1) is 23.6. The molecular formula is C24H30O4Si2. The zero-order valence-electron chi connectivity index (χ0n) is 18.7. The van der Waals surface area contributed by atoms with E-state index in [1.807, 2.05) is 38.1 Å². The van der Waals surface area contributed by atoms with Crippen LogP contribution in [0.15, 0.2) is 58.9 Å². The molecule has 0 spiro atoms. The minimum absolute atomic E-state index is 0.401. The normalized spacial score (nSPS) is 11.0. The van der Waals surface area contributed by atoms with Crippen LogP contribution < -0.4 is 10.4 Å². The van der Waals surface area contributed by atoms with E-state index in [-0.39, 0.29) is 0 Å². The van der Waals surface area contributed by atoms with Gasteiger partial charge in [0.25, 0.3) is 0 Å². The highest BCUT2D eigenvalue weighted by atomic mass is 28.2. The standard InChI is InChI=1S/C24H30O4Si2/c1-15(2)13-29-19-7-9-21(17(5)11-19)23(25)27-28-24(26)22-10-8-20(12-18(22)6)30-14-16(3)4/h7-14H,29-30H2,1-6H3. The van der Waals surface area contributed by atoms with Crippen molar-refractivity contribution in [3.8, 4) is 0 Å². The average Bonchev–Trinajstić information content (AvgIpc) is 2.68. The van der Waals surface area contributed by atoms with Crippen LogP contribution in [0.25, 0.3) is 0 Å². The molecule has 0 bridgehead atoms. The smallest absolute Gasteiger partial charge is 0.241 e. The SMILES string of the molecule is CC(C)=C[SiH2]c1ccc(C(=O)OOC(=O)c2ccc([SiH2]C=C(C)C)cc2C)c(C)c1. The van der Waals surface area contributed by atoms with E-state index in [2.05, 4.69) is 39.1 Å². The second-order valence-electron chi connectivity index (χ2n) is 8.01. The first-order valence-electron chi connectivity index (χ1n) is 10.1. The number of allylic oxidation sites excluding steroid dienone is 2. The first-order chi connectivity index (χ1) is 14.2. The van der Waals surface area contributed by atoms with E-state index in [0.29, 0.717) is 11.1 Å². The fourth-order valence-corrected chi connectivity index (χ4v) is 5.62. The molecule has 6 heteroatoms. The van der Waals surface area contributed by atoms with Crippen LogP contribution in [0.1, 0.15) is 59.5 Å². The average molecular weight is 439 g/mol. The maximum Gasteiger partial charge on any atom is 0.386 e. The molecule has 30 heavy (non-hydrogen) atoms. The number of carbonyl (C=O) groups excluding carboxylic acids is 2. The molecule has 0 aliphatic carbocycles. The lowest BCUT2D eigenvalue weighted by atomic mass is 10.1. The van der Waals surface area contributed by atoms with Crippen molar-refractivity contribution in [2.75, 3.05) is 0 Å². The van der Waals surface area contributed by atoms with E-state index in [4.69, 9.17) is 9.78 Å². The van der Waals surface area contributed by atoms with E-state index in [0.717, 1.165) is 11.1 Å². The molecule has 2 aromatic carbocycles. The van der Waals surface area contributed by atoms with Crippen molar-refractivity contribution in [1.29, 1.82) is 0 Å². The van der Waals surface area contributed by atoms with Gasteiger partial charge < -0.3 is 0 Å². The van der Waals surface area contributed by atoms with Crippen LogP contribution in [0.3, 0.4) is 0 Å². The Morgan fingerprint density at radius 2 is 1.07 bits per heavy atom. The first-order valence-corrected chi connectivity index (χ1v) is 13.1. The highest BCUT2D eigenvalue weighted by molar-refractivity contribution is 6.59. The molecule has 0 saturated carbocycles. The Kier molecular flexibility index (Phi) is 8.56. The largest absolute Gasteiger partial charge is 0.386 e. The van der Waals surface area contributed by atoms with Crippen LogP contribution in [0, 0.1) is 13.8 Å². The number of aryl methyl sites for hydroxylation is 2. The maximum absolute atomic E-state index is 12.4. The number of rotatable bonds is 6. The predicted molar refractivity (Wildman–Crippen MR) is 128 cm³/mol. The Hall–Kier alpha value is -2.71. The third kappa shape index (κ3) is 6.97. The quantitative estimate of drug-likeness (QED) is 0.395. The van der Waals surface area contributed by atoms with Crippen LogP contribution in [0.2, 0.25) is 0 Å². The van der Waals surface area contributed by atoms with Crippen molar-refractivity contribution in [3.63, 3.8) is 0 Å². The van der Waals surface area contributed by atoms with E-state index < -0.39 is 31.0 Å². The summed E-state index contributed by atoms with van der Waals surface area (Å²) in [7, 11) is -0.994. The van der Waals surface area contributed by atoms with Gasteiger partial charge in [-0.25, -0.2) is 19.4 Å². The molecular weight excluding hydrogens is 408 g/mol. The summed E-state index contributed by atoms with van der Waals surface area (Å²) in [5.41, 5.74) is 9.57. The number of benzene rings is 2. The van der Waals surface area contributed by atoms with E-state index in [1.54, 1.807) is 12.1 Å². The summed E-state index contributed by atoms with van der Waals surface area (Å²) in [4.78, 5) is 34.4. The number of hydrogen-bond donors (Lipinski definition) is 0. The van der Waals surface area contributed by atoms with E-state index in [1.165, 1.54) is 21.5 Å². The molecule has 0 aliphatic heterocycles. The summed E-state index contributed by atoms with van der Waals surface area (Å²) < 4.78 is 0. The molecule has 158 valence electrons. The fraction of sp³-hybridized carbons (Fsp3) is 0.250. The summed E-state index contributed by atoms with van der Waals surface area (Å²) in [5.74, 6) is -1.33. The fourth-order valence-electron chi connectivity index (χ4n) is 2.97. The van der Waals surface area contributed by atoms with Gasteiger partial charge in [-0.2, -0.15) is 0 Å². The molecule has 0 radical (unpaired) electrons. The topological polar surface area (TPSA) is 52.6 Å². The van der Waals surface area contributed by atoms with Crippen LogP contribution >= 0.6 is 0 Å². The third-order valence-corrected chi connectivity index (χ3v) is 8.57. The van der Waals surface area contributed by atoms with E-state index >= 15 is 0 Å². The predicted octanol–water partition coefficient (Wildman–Crippen LogP) is 2.67. The van der Waals surface area contributed by atoms with Crippen LogP contribution in [-0.4, -0.2) is 31.0 Å². The lowest BCUT2D eigenvalue weighted by Gasteiger charge is -2.09. The summed E-state index contributed by atoms with van der Waals surface area (Å²) in [6, 6.07) is 11.4. The number of hydrogen-bond acceptors (Lipinski definition) is 4. The minimum atomic E-state index is -0.665. The van der Waals surface area contributed by atoms with Gasteiger partial charge in [0.1, 0.15) is 0 Å². The van der Waals surface area contributed by atoms with Gasteiger partial charge in [-0.1, -0.05) is 57.2 Å². The Morgan fingerprint density at radius 3 is 1.37 bits per heavy atom. The lowest BCUT2D eigenvalue weighted by molar-refractivity contribution is -0.187. The summed E-state index contributed by atoms with van der Waals surface area (Å²) in [6.45, 7) is 12.1. The zero-order valence-corrected chi connectivity index (χ0v) is 21.5. The molecule has 0 N–H and O–H groups in total. The minimum Gasteiger partial charge on any atom is -0.241 e. The molecule has 0 aromatic heterocycles. The monoisotopic (exact) mass is 438 g/mol. The molecule has 0 aliphatic rings. The molecule has 0 fully saturated rings. The van der Waals surface area contributed by atoms with Crippen LogP contribution in [0.5, 0.6) is 0 Å². The Balaban J connectivity index is 2.01. The highest BCUT2D eigenvalue weighted by Crippen LogP contribution is 2.11. The van der Waals surface area contributed by atoms with Crippen LogP contribution in [-0.2, 0) is 9.78 Å². The zero-order chi connectivity index (χ0) is 22.3. The van der Waals surface area contributed by atoms with Crippen molar-refractivity contribution in [2.45, 2.75) is 41.5 Å². The molecule has 2 aromatic rings. The van der Waals surface area contributed by atoms with Crippen molar-refractivity contribution < 1.29 is 19.4 Å². The van der Waals surface area contributed by atoms with Gasteiger partial charge in [0, 0.05) is 0 Å². The highest BCUT2D eigenvalue weighted by Gasteiger charge is 2.17. The van der Waals surface area contributed by atoms with Gasteiger partial charge in [-0.3, -0.25) is 0 Å². The summed E-state index contributed by atoms with van der Waals surface area (Å²) >= 11 is 0. The van der Waals surface area contributed by atoms with Gasteiger partial charge in [-0.05, 0) is 64.8 Å². The second-order valence-corrected chi connectivity index (χ2v) is 11.3. The van der Waals surface area contributed by atoms with Crippen molar-refractivity contribution in [3.05, 3.63) is 81.2 Å². The van der Waals surface area contributed by atoms with Gasteiger partial charge in [-0.15, -0.1) is 0 Å². The maximum atomic E-state index is 12.4. The summed E-state index contributed by atoms with van der Waals surface area (Å²) in [6.07, 6.45) is 0. The van der Waals surface area contributed by atoms with Gasteiger partial charge >= 0.3 is 11.9 Å². The molecule has 0 atom stereocenters. The second kappa shape index (κ2) is 10.9. The van der Waals surface area contributed by atoms with Gasteiger partial charge in [0.2, 0.25) is 0 Å². The third-order valence-electron chi connectivity index (χ3n) is 4.71. The molecule has 0 unspecified atom stereocenters. The van der Waals surface area contributed by atoms with Crippen molar-refractivity contribution in [2.24, 2.45) is 0 Å². The van der Waals surface area contributed by atoms with Gasteiger partial charge in [0.05, 0.1) is 30.2 Å². The van der Waals surface area contributed by atoms with Crippen molar-refractivity contribution >= 4 is 41.4 Å². The Labute approximate surface area is 183 Å². The lowest BCUT2D eigenvalue weighted by Crippen LogP contribution is -2.18. The number of carbonyl (C=O) groups is 2. The molecule has 0 saturated heterocycles. The van der Waals surface area contributed by atoms with Gasteiger partial charge in [0.15, 0.2) is 0 Å². The molecule has 0 heterocycles.